The van der Waals surface area contributed by atoms with Gasteiger partial charge in [0, 0.05) is 19.4 Å². The molecule has 3 N–H and O–H groups in total. The average Bonchev–Trinajstić information content (AvgIpc) is 2.41. The Kier molecular flexibility index (Phi) is 4.70. The molecule has 2 aromatic carbocycles. The van der Waals surface area contributed by atoms with Gasteiger partial charge < -0.3 is 11.1 Å². The largest absolute Gasteiger partial charge is 0.398 e. The zero-order chi connectivity index (χ0) is 14.9. The molecular formula is C15H14BrIN2O. The van der Waals surface area contributed by atoms with Crippen LogP contribution in [0.2, 0.25) is 0 Å². The number of amides is 1. The molecule has 0 aliphatic heterocycles. The van der Waals surface area contributed by atoms with E-state index < -0.39 is 0 Å². The van der Waals surface area contributed by atoms with Crippen molar-refractivity contribution in [3.05, 3.63) is 55.1 Å². The molecule has 0 saturated heterocycles. The van der Waals surface area contributed by atoms with E-state index in [4.69, 9.17) is 5.73 Å². The van der Waals surface area contributed by atoms with E-state index in [0.29, 0.717) is 11.3 Å². The summed E-state index contributed by atoms with van der Waals surface area (Å²) in [5.74, 6) is -0.146. The molecule has 0 saturated carbocycles. The molecule has 104 valence electrons. The van der Waals surface area contributed by atoms with E-state index in [-0.39, 0.29) is 5.91 Å². The number of aryl methyl sites for hydroxylation is 1. The monoisotopic (exact) mass is 444 g/mol. The van der Waals surface area contributed by atoms with Crippen LogP contribution in [0.4, 0.5) is 11.4 Å². The maximum absolute atomic E-state index is 12.4. The van der Waals surface area contributed by atoms with Crippen LogP contribution < -0.4 is 11.1 Å². The SMILES string of the molecule is Cc1ccc(N)c(C)c1NC(=O)c1cc(I)ccc1Br. The fourth-order valence-corrected chi connectivity index (χ4v) is 2.83. The molecule has 5 heteroatoms. The minimum Gasteiger partial charge on any atom is -0.398 e. The van der Waals surface area contributed by atoms with Crippen LogP contribution in [0.5, 0.6) is 0 Å². The van der Waals surface area contributed by atoms with E-state index in [9.17, 15) is 4.79 Å². The van der Waals surface area contributed by atoms with Crippen molar-refractivity contribution in [1.29, 1.82) is 0 Å². The van der Waals surface area contributed by atoms with Crippen LogP contribution in [0.25, 0.3) is 0 Å². The molecule has 1 amide bonds. The summed E-state index contributed by atoms with van der Waals surface area (Å²) in [6.07, 6.45) is 0. The number of carbonyl (C=O) groups excluding carboxylic acids is 1. The number of hydrogen-bond acceptors (Lipinski definition) is 2. The van der Waals surface area contributed by atoms with Gasteiger partial charge in [-0.2, -0.15) is 0 Å². The first-order valence-electron chi connectivity index (χ1n) is 6.02. The van der Waals surface area contributed by atoms with E-state index in [2.05, 4.69) is 43.8 Å². The molecule has 0 aromatic heterocycles. The lowest BCUT2D eigenvalue weighted by Gasteiger charge is -2.14. The average molecular weight is 445 g/mol. The van der Waals surface area contributed by atoms with Gasteiger partial charge in [0.2, 0.25) is 0 Å². The van der Waals surface area contributed by atoms with E-state index in [1.165, 1.54) is 0 Å². The first-order valence-corrected chi connectivity index (χ1v) is 7.89. The molecule has 0 aliphatic carbocycles. The number of nitrogen functional groups attached to an aromatic ring is 1. The highest BCUT2D eigenvalue weighted by atomic mass is 127. The summed E-state index contributed by atoms with van der Waals surface area (Å²) in [5, 5.41) is 2.95. The quantitative estimate of drug-likeness (QED) is 0.529. The number of carbonyl (C=O) groups is 1. The molecule has 0 radical (unpaired) electrons. The summed E-state index contributed by atoms with van der Waals surface area (Å²) in [7, 11) is 0. The van der Waals surface area contributed by atoms with Gasteiger partial charge in [-0.25, -0.2) is 0 Å². The molecule has 0 spiro atoms. The van der Waals surface area contributed by atoms with Crippen LogP contribution in [0, 0.1) is 17.4 Å². The van der Waals surface area contributed by atoms with Gasteiger partial charge in [-0.3, -0.25) is 4.79 Å². The fraction of sp³-hybridized carbons (Fsp3) is 0.133. The van der Waals surface area contributed by atoms with Gasteiger partial charge in [0.25, 0.3) is 5.91 Å². The van der Waals surface area contributed by atoms with Gasteiger partial charge in [0.15, 0.2) is 0 Å². The van der Waals surface area contributed by atoms with Crippen molar-refractivity contribution < 1.29 is 4.79 Å². The summed E-state index contributed by atoms with van der Waals surface area (Å²) in [5.41, 5.74) is 9.84. The summed E-state index contributed by atoms with van der Waals surface area (Å²) >= 11 is 5.59. The Morgan fingerprint density at radius 2 is 1.95 bits per heavy atom. The Morgan fingerprint density at radius 1 is 1.25 bits per heavy atom. The Balaban J connectivity index is 2.38. The Hall–Kier alpha value is -1.08. The second-order valence-corrected chi connectivity index (χ2v) is 6.65. The first-order chi connectivity index (χ1) is 9.40. The van der Waals surface area contributed by atoms with Crippen molar-refractivity contribution in [3.8, 4) is 0 Å². The molecule has 0 bridgehead atoms. The zero-order valence-corrected chi connectivity index (χ0v) is 14.9. The summed E-state index contributed by atoms with van der Waals surface area (Å²) < 4.78 is 1.78. The molecule has 0 aliphatic rings. The van der Waals surface area contributed by atoms with E-state index in [0.717, 1.165) is 24.9 Å². The summed E-state index contributed by atoms with van der Waals surface area (Å²) in [6, 6.07) is 9.41. The van der Waals surface area contributed by atoms with E-state index >= 15 is 0 Å². The van der Waals surface area contributed by atoms with Crippen LogP contribution >= 0.6 is 38.5 Å². The van der Waals surface area contributed by atoms with Crippen LogP contribution in [0.3, 0.4) is 0 Å². The van der Waals surface area contributed by atoms with Gasteiger partial charge in [0.05, 0.1) is 5.56 Å². The summed E-state index contributed by atoms with van der Waals surface area (Å²) in [4.78, 5) is 12.4. The molecule has 2 aromatic rings. The second-order valence-electron chi connectivity index (χ2n) is 4.55. The molecular weight excluding hydrogens is 431 g/mol. The number of nitrogens with one attached hydrogen (secondary N) is 1. The number of anilines is 2. The maximum atomic E-state index is 12.4. The van der Waals surface area contributed by atoms with Gasteiger partial charge in [-0.1, -0.05) is 6.07 Å². The molecule has 0 heterocycles. The van der Waals surface area contributed by atoms with Gasteiger partial charge in [0.1, 0.15) is 0 Å². The normalized spacial score (nSPS) is 10.4. The summed E-state index contributed by atoms with van der Waals surface area (Å²) in [6.45, 7) is 3.85. The highest BCUT2D eigenvalue weighted by Crippen LogP contribution is 2.27. The number of rotatable bonds is 2. The molecule has 20 heavy (non-hydrogen) atoms. The predicted octanol–water partition coefficient (Wildman–Crippen LogP) is 4.51. The van der Waals surface area contributed by atoms with Crippen LogP contribution in [-0.4, -0.2) is 5.91 Å². The van der Waals surface area contributed by atoms with Gasteiger partial charge >= 0.3 is 0 Å². The van der Waals surface area contributed by atoms with Gasteiger partial charge in [-0.15, -0.1) is 0 Å². The smallest absolute Gasteiger partial charge is 0.256 e. The maximum Gasteiger partial charge on any atom is 0.256 e. The molecule has 0 atom stereocenters. The van der Waals surface area contributed by atoms with Crippen LogP contribution in [0.1, 0.15) is 21.5 Å². The third kappa shape index (κ3) is 3.15. The second kappa shape index (κ2) is 6.13. The number of nitrogens with two attached hydrogens (primary N) is 1. The van der Waals surface area contributed by atoms with E-state index in [1.54, 1.807) is 0 Å². The van der Waals surface area contributed by atoms with Crippen molar-refractivity contribution >= 4 is 55.8 Å². The first kappa shape index (κ1) is 15.3. The standard InChI is InChI=1S/C15H14BrIN2O/c1-8-3-6-13(18)9(2)14(8)19-15(20)11-7-10(17)4-5-12(11)16/h3-7H,18H2,1-2H3,(H,19,20). The number of benzene rings is 2. The zero-order valence-electron chi connectivity index (χ0n) is 11.1. The lowest BCUT2D eigenvalue weighted by atomic mass is 10.1. The van der Waals surface area contributed by atoms with Gasteiger partial charge in [-0.05, 0) is 87.8 Å². The van der Waals surface area contributed by atoms with Crippen molar-refractivity contribution in [2.75, 3.05) is 11.1 Å². The number of hydrogen-bond donors (Lipinski definition) is 2. The van der Waals surface area contributed by atoms with Crippen molar-refractivity contribution in [3.63, 3.8) is 0 Å². The van der Waals surface area contributed by atoms with Crippen molar-refractivity contribution in [2.45, 2.75) is 13.8 Å². The Labute approximate surface area is 140 Å². The lowest BCUT2D eigenvalue weighted by molar-refractivity contribution is 0.102. The van der Waals surface area contributed by atoms with Crippen LogP contribution in [-0.2, 0) is 0 Å². The number of halogens is 2. The molecule has 0 fully saturated rings. The van der Waals surface area contributed by atoms with Crippen molar-refractivity contribution in [2.24, 2.45) is 0 Å². The highest BCUT2D eigenvalue weighted by Gasteiger charge is 2.14. The molecule has 2 rings (SSSR count). The fourth-order valence-electron chi connectivity index (χ4n) is 1.91. The minimum absolute atomic E-state index is 0.146. The minimum atomic E-state index is -0.146. The molecule has 0 unspecified atom stereocenters. The lowest BCUT2D eigenvalue weighted by Crippen LogP contribution is -2.15. The molecule has 3 nitrogen and oxygen atoms in total. The Morgan fingerprint density at radius 3 is 2.65 bits per heavy atom. The predicted molar refractivity (Wildman–Crippen MR) is 95.1 cm³/mol. The third-order valence-electron chi connectivity index (χ3n) is 3.13. The van der Waals surface area contributed by atoms with Crippen molar-refractivity contribution in [1.82, 2.24) is 0 Å². The Bertz CT molecular complexity index is 686. The third-order valence-corrected chi connectivity index (χ3v) is 4.49. The highest BCUT2D eigenvalue weighted by molar-refractivity contribution is 14.1. The topological polar surface area (TPSA) is 55.1 Å². The van der Waals surface area contributed by atoms with E-state index in [1.807, 2.05) is 44.2 Å². The van der Waals surface area contributed by atoms with Crippen LogP contribution in [0.15, 0.2) is 34.8 Å².